The van der Waals surface area contributed by atoms with Crippen LogP contribution in [0.15, 0.2) is 70.2 Å². The van der Waals surface area contributed by atoms with Crippen molar-refractivity contribution in [2.75, 3.05) is 0 Å². The Balaban J connectivity index is 1.86. The number of benzene rings is 2. The summed E-state index contributed by atoms with van der Waals surface area (Å²) < 4.78 is 6.62. The second kappa shape index (κ2) is 5.37. The Kier molecular flexibility index (Phi) is 3.20. The van der Waals surface area contributed by atoms with Crippen molar-refractivity contribution < 1.29 is 4.52 Å². The van der Waals surface area contributed by atoms with Gasteiger partial charge in [0.15, 0.2) is 0 Å². The van der Waals surface area contributed by atoms with E-state index in [1.54, 1.807) is 24.3 Å². The molecular weight excluding hydrogens is 314 g/mol. The second-order valence-electron chi connectivity index (χ2n) is 5.00. The van der Waals surface area contributed by atoms with Gasteiger partial charge >= 0.3 is 0 Å². The largest absolute Gasteiger partial charge is 0.337 e. The number of hydrogen-bond donors (Lipinski definition) is 0. The molecule has 0 N–H and O–H groups in total. The average molecular weight is 324 g/mol. The first-order valence-electron chi connectivity index (χ1n) is 6.92. The van der Waals surface area contributed by atoms with Crippen LogP contribution in [-0.4, -0.2) is 14.7 Å². The summed E-state index contributed by atoms with van der Waals surface area (Å²) in [5.41, 5.74) is 1.89. The maximum atomic E-state index is 12.6. The lowest BCUT2D eigenvalue weighted by Gasteiger charge is -2.02. The van der Waals surface area contributed by atoms with Crippen molar-refractivity contribution in [3.63, 3.8) is 0 Å². The van der Waals surface area contributed by atoms with Crippen LogP contribution in [0.1, 0.15) is 0 Å². The lowest BCUT2D eigenvalue weighted by atomic mass is 10.1. The molecule has 0 aliphatic heterocycles. The topological polar surface area (TPSA) is 60.9 Å². The third kappa shape index (κ3) is 2.41. The molecule has 0 unspecified atom stereocenters. The van der Waals surface area contributed by atoms with Crippen LogP contribution in [0.4, 0.5) is 0 Å². The maximum Gasteiger partial charge on any atom is 0.268 e. The molecule has 2 aromatic carbocycles. The monoisotopic (exact) mass is 323 g/mol. The molecule has 0 fully saturated rings. The number of halogens is 1. The van der Waals surface area contributed by atoms with Crippen molar-refractivity contribution in [1.29, 1.82) is 0 Å². The van der Waals surface area contributed by atoms with Crippen LogP contribution in [-0.2, 0) is 0 Å². The molecule has 0 amide bonds. The highest BCUT2D eigenvalue weighted by atomic mass is 35.5. The molecule has 5 nitrogen and oxygen atoms in total. The lowest BCUT2D eigenvalue weighted by molar-refractivity contribution is 0.405. The Labute approximate surface area is 135 Å². The van der Waals surface area contributed by atoms with E-state index in [1.165, 1.54) is 10.9 Å². The first-order chi connectivity index (χ1) is 11.2. The first kappa shape index (κ1) is 13.7. The van der Waals surface area contributed by atoms with E-state index in [0.717, 1.165) is 5.56 Å². The van der Waals surface area contributed by atoms with E-state index in [1.807, 2.05) is 30.3 Å². The number of rotatable bonds is 2. The van der Waals surface area contributed by atoms with Crippen LogP contribution < -0.4 is 5.56 Å². The van der Waals surface area contributed by atoms with Gasteiger partial charge in [0, 0.05) is 16.7 Å². The van der Waals surface area contributed by atoms with Crippen molar-refractivity contribution in [2.45, 2.75) is 0 Å². The molecule has 23 heavy (non-hydrogen) atoms. The van der Waals surface area contributed by atoms with Crippen LogP contribution in [0.5, 0.6) is 0 Å². The standard InChI is InChI=1S/C17H10ClN3O2/c18-12-6-7-14-13(8-12)17(22)21(10-19-14)16-9-15(20-23-16)11-4-2-1-3-5-11/h1-10H. The van der Waals surface area contributed by atoms with Gasteiger partial charge in [0.05, 0.1) is 10.9 Å². The smallest absolute Gasteiger partial charge is 0.268 e. The Morgan fingerprint density at radius 3 is 2.70 bits per heavy atom. The van der Waals surface area contributed by atoms with Crippen LogP contribution in [0.2, 0.25) is 5.02 Å². The number of fused-ring (bicyclic) bond motifs is 1. The number of nitrogens with zero attached hydrogens (tertiary/aromatic N) is 3. The minimum absolute atomic E-state index is 0.256. The van der Waals surface area contributed by atoms with E-state index >= 15 is 0 Å². The summed E-state index contributed by atoms with van der Waals surface area (Å²) in [7, 11) is 0. The molecule has 0 saturated carbocycles. The van der Waals surface area contributed by atoms with Gasteiger partial charge in [0.2, 0.25) is 5.88 Å². The predicted octanol–water partition coefficient (Wildman–Crippen LogP) is 3.69. The third-order valence-corrected chi connectivity index (χ3v) is 3.76. The average Bonchev–Trinajstić information content (AvgIpc) is 3.06. The molecule has 112 valence electrons. The van der Waals surface area contributed by atoms with Crippen LogP contribution in [0.3, 0.4) is 0 Å². The van der Waals surface area contributed by atoms with E-state index < -0.39 is 0 Å². The van der Waals surface area contributed by atoms with Gasteiger partial charge in [0.1, 0.15) is 12.0 Å². The minimum atomic E-state index is -0.256. The Morgan fingerprint density at radius 2 is 1.87 bits per heavy atom. The number of aromatic nitrogens is 3. The normalized spacial score (nSPS) is 11.0. The van der Waals surface area contributed by atoms with Gasteiger partial charge in [-0.05, 0) is 18.2 Å². The minimum Gasteiger partial charge on any atom is -0.337 e. The highest BCUT2D eigenvalue weighted by Crippen LogP contribution is 2.21. The SMILES string of the molecule is O=c1c2cc(Cl)ccc2ncn1-c1cc(-c2ccccc2)no1. The summed E-state index contributed by atoms with van der Waals surface area (Å²) in [5, 5.41) is 4.92. The zero-order chi connectivity index (χ0) is 15.8. The van der Waals surface area contributed by atoms with Crippen molar-refractivity contribution in [3.8, 4) is 17.1 Å². The van der Waals surface area contributed by atoms with Crippen molar-refractivity contribution in [1.82, 2.24) is 14.7 Å². The molecule has 6 heteroatoms. The summed E-state index contributed by atoms with van der Waals surface area (Å²) in [6, 6.07) is 16.3. The van der Waals surface area contributed by atoms with Crippen molar-refractivity contribution >= 4 is 22.5 Å². The van der Waals surface area contributed by atoms with E-state index in [9.17, 15) is 4.79 Å². The van der Waals surface area contributed by atoms with Gasteiger partial charge < -0.3 is 4.52 Å². The van der Waals surface area contributed by atoms with Gasteiger partial charge in [-0.25, -0.2) is 9.55 Å². The van der Waals surface area contributed by atoms with Crippen LogP contribution in [0, 0.1) is 0 Å². The van der Waals surface area contributed by atoms with Gasteiger partial charge in [-0.15, -0.1) is 0 Å². The molecule has 0 radical (unpaired) electrons. The fourth-order valence-corrected chi connectivity index (χ4v) is 2.55. The molecule has 4 aromatic rings. The molecule has 0 atom stereocenters. The molecule has 4 rings (SSSR count). The molecule has 0 saturated heterocycles. The molecule has 0 spiro atoms. The van der Waals surface area contributed by atoms with E-state index in [2.05, 4.69) is 10.1 Å². The molecule has 2 heterocycles. The van der Waals surface area contributed by atoms with Crippen LogP contribution >= 0.6 is 11.6 Å². The quantitative estimate of drug-likeness (QED) is 0.564. The first-order valence-corrected chi connectivity index (χ1v) is 7.29. The Morgan fingerprint density at radius 1 is 1.04 bits per heavy atom. The molecule has 0 aliphatic carbocycles. The van der Waals surface area contributed by atoms with Gasteiger partial charge in [-0.2, -0.15) is 0 Å². The maximum absolute atomic E-state index is 12.6. The zero-order valence-electron chi connectivity index (χ0n) is 11.8. The van der Waals surface area contributed by atoms with Gasteiger partial charge in [-0.1, -0.05) is 47.1 Å². The van der Waals surface area contributed by atoms with E-state index in [-0.39, 0.29) is 5.56 Å². The Bertz CT molecular complexity index is 1050. The zero-order valence-corrected chi connectivity index (χ0v) is 12.6. The molecule has 2 aromatic heterocycles. The van der Waals surface area contributed by atoms with Gasteiger partial charge in [0.25, 0.3) is 5.56 Å². The number of hydrogen-bond acceptors (Lipinski definition) is 4. The highest BCUT2D eigenvalue weighted by Gasteiger charge is 2.12. The van der Waals surface area contributed by atoms with E-state index in [4.69, 9.17) is 16.1 Å². The Hall–Kier alpha value is -2.92. The summed E-state index contributed by atoms with van der Waals surface area (Å²) in [6.45, 7) is 0. The molecule has 0 bridgehead atoms. The summed E-state index contributed by atoms with van der Waals surface area (Å²) in [4.78, 5) is 16.9. The van der Waals surface area contributed by atoms with E-state index in [0.29, 0.717) is 27.5 Å². The lowest BCUT2D eigenvalue weighted by Crippen LogP contribution is -2.18. The molecule has 0 aliphatic rings. The van der Waals surface area contributed by atoms with Crippen molar-refractivity contribution in [2.24, 2.45) is 0 Å². The van der Waals surface area contributed by atoms with Crippen LogP contribution in [0.25, 0.3) is 28.0 Å². The molecular formula is C17H10ClN3O2. The van der Waals surface area contributed by atoms with Gasteiger partial charge in [-0.3, -0.25) is 4.79 Å². The summed E-state index contributed by atoms with van der Waals surface area (Å²) >= 11 is 5.96. The third-order valence-electron chi connectivity index (χ3n) is 3.52. The summed E-state index contributed by atoms with van der Waals surface area (Å²) in [6.07, 6.45) is 1.42. The van der Waals surface area contributed by atoms with Crippen molar-refractivity contribution in [3.05, 3.63) is 76.3 Å². The highest BCUT2D eigenvalue weighted by molar-refractivity contribution is 6.31. The fourth-order valence-electron chi connectivity index (χ4n) is 2.38. The fraction of sp³-hybridized carbons (Fsp3) is 0. The second-order valence-corrected chi connectivity index (χ2v) is 5.43. The summed E-state index contributed by atoms with van der Waals surface area (Å²) in [5.74, 6) is 0.309. The predicted molar refractivity (Wildman–Crippen MR) is 87.8 cm³/mol.